The highest BCUT2D eigenvalue weighted by molar-refractivity contribution is 7.99. The quantitative estimate of drug-likeness (QED) is 0.888. The maximum Gasteiger partial charge on any atom is 0.323 e. The van der Waals surface area contributed by atoms with E-state index >= 15 is 0 Å². The number of para-hydroxylation sites is 1. The lowest BCUT2D eigenvalue weighted by atomic mass is 10.1. The molecule has 2 amide bonds. The Balaban J connectivity index is 1.79. The van der Waals surface area contributed by atoms with E-state index in [4.69, 9.17) is 4.42 Å². The van der Waals surface area contributed by atoms with E-state index in [1.54, 1.807) is 11.8 Å². The highest BCUT2D eigenvalue weighted by Gasteiger charge is 2.33. The molecule has 0 bridgehead atoms. The van der Waals surface area contributed by atoms with Crippen molar-refractivity contribution in [3.8, 4) is 0 Å². The van der Waals surface area contributed by atoms with Crippen molar-refractivity contribution in [2.24, 2.45) is 0 Å². The van der Waals surface area contributed by atoms with Crippen LogP contribution < -0.4 is 5.32 Å². The zero-order valence-corrected chi connectivity index (χ0v) is 13.9. The van der Waals surface area contributed by atoms with E-state index in [-0.39, 0.29) is 11.4 Å². The van der Waals surface area contributed by atoms with E-state index in [1.807, 2.05) is 56.0 Å². The first-order valence-electron chi connectivity index (χ1n) is 7.38. The number of thioether (sulfide) groups is 1. The molecule has 1 saturated heterocycles. The van der Waals surface area contributed by atoms with E-state index in [9.17, 15) is 4.79 Å². The van der Waals surface area contributed by atoms with Crippen LogP contribution in [0.2, 0.25) is 0 Å². The van der Waals surface area contributed by atoms with Crippen LogP contribution in [0.15, 0.2) is 34.7 Å². The second-order valence-corrected chi connectivity index (χ2v) is 6.75. The van der Waals surface area contributed by atoms with Gasteiger partial charge >= 0.3 is 6.03 Å². The van der Waals surface area contributed by atoms with Gasteiger partial charge in [-0.05, 0) is 44.0 Å². The van der Waals surface area contributed by atoms with Gasteiger partial charge in [0.2, 0.25) is 0 Å². The molecular formula is C17H20N2O2S. The van der Waals surface area contributed by atoms with Crippen LogP contribution in [0.1, 0.15) is 28.0 Å². The highest BCUT2D eigenvalue weighted by atomic mass is 32.2. The van der Waals surface area contributed by atoms with Crippen molar-refractivity contribution in [2.75, 3.05) is 17.6 Å². The summed E-state index contributed by atoms with van der Waals surface area (Å²) in [6, 6.07) is 9.85. The number of carbonyl (C=O) groups excluding carboxylic acids is 1. The number of furan rings is 1. The van der Waals surface area contributed by atoms with Crippen LogP contribution in [0.3, 0.4) is 0 Å². The van der Waals surface area contributed by atoms with Gasteiger partial charge in [-0.1, -0.05) is 18.2 Å². The van der Waals surface area contributed by atoms with Crippen LogP contribution in [0, 0.1) is 20.8 Å². The average Bonchev–Trinajstić information content (AvgIpc) is 3.11. The monoisotopic (exact) mass is 316 g/mol. The Bertz CT molecular complexity index is 675. The zero-order chi connectivity index (χ0) is 15.7. The molecule has 22 heavy (non-hydrogen) atoms. The first kappa shape index (κ1) is 15.0. The van der Waals surface area contributed by atoms with Crippen molar-refractivity contribution < 1.29 is 9.21 Å². The minimum Gasteiger partial charge on any atom is -0.463 e. The number of rotatable bonds is 2. The maximum atomic E-state index is 12.7. The molecule has 1 aliphatic heterocycles. The standard InChI is InChI=1S/C17H20N2O2S/c1-11-5-4-6-12(2)15(11)18-17(20)19-9-10-22-16(19)14-8-7-13(3)21-14/h4-8,16H,9-10H2,1-3H3,(H,18,20)/t16-/m1/s1. The third kappa shape index (κ3) is 2.86. The maximum absolute atomic E-state index is 12.7. The molecular weight excluding hydrogens is 296 g/mol. The fourth-order valence-electron chi connectivity index (χ4n) is 2.69. The van der Waals surface area contributed by atoms with Crippen molar-refractivity contribution in [2.45, 2.75) is 26.1 Å². The molecule has 3 rings (SSSR count). The van der Waals surface area contributed by atoms with Gasteiger partial charge in [0.05, 0.1) is 0 Å². The van der Waals surface area contributed by atoms with Gasteiger partial charge in [-0.3, -0.25) is 0 Å². The van der Waals surface area contributed by atoms with Crippen LogP contribution >= 0.6 is 11.8 Å². The second kappa shape index (κ2) is 6.08. The number of nitrogens with one attached hydrogen (secondary N) is 1. The Labute approximate surface area is 134 Å². The SMILES string of the molecule is Cc1ccc([C@H]2SCCN2C(=O)Nc2c(C)cccc2C)o1. The van der Waals surface area contributed by atoms with E-state index < -0.39 is 0 Å². The Morgan fingerprint density at radius 1 is 1.23 bits per heavy atom. The minimum atomic E-state index is -0.0681. The molecule has 2 aromatic rings. The van der Waals surface area contributed by atoms with Gasteiger partial charge < -0.3 is 14.6 Å². The van der Waals surface area contributed by atoms with Gasteiger partial charge in [-0.25, -0.2) is 4.79 Å². The van der Waals surface area contributed by atoms with Crippen LogP contribution in [0.5, 0.6) is 0 Å². The molecule has 0 radical (unpaired) electrons. The van der Waals surface area contributed by atoms with Crippen LogP contribution in [0.4, 0.5) is 10.5 Å². The lowest BCUT2D eigenvalue weighted by molar-refractivity contribution is 0.209. The summed E-state index contributed by atoms with van der Waals surface area (Å²) in [6.07, 6.45) is 0. The van der Waals surface area contributed by atoms with Gasteiger partial charge in [0.1, 0.15) is 16.9 Å². The van der Waals surface area contributed by atoms with Crippen molar-refractivity contribution in [1.29, 1.82) is 0 Å². The van der Waals surface area contributed by atoms with Gasteiger partial charge in [-0.2, -0.15) is 0 Å². The Kier molecular flexibility index (Phi) is 4.16. The van der Waals surface area contributed by atoms with E-state index in [0.29, 0.717) is 0 Å². The van der Waals surface area contributed by atoms with E-state index in [2.05, 4.69) is 5.32 Å². The number of anilines is 1. The van der Waals surface area contributed by atoms with Crippen molar-refractivity contribution in [1.82, 2.24) is 4.90 Å². The molecule has 2 heterocycles. The van der Waals surface area contributed by atoms with Gasteiger partial charge in [0.15, 0.2) is 0 Å². The second-order valence-electron chi connectivity index (χ2n) is 5.56. The molecule has 0 spiro atoms. The molecule has 0 saturated carbocycles. The van der Waals surface area contributed by atoms with E-state index in [0.717, 1.165) is 40.6 Å². The lowest BCUT2D eigenvalue weighted by Crippen LogP contribution is -2.34. The van der Waals surface area contributed by atoms with Gasteiger partial charge in [0.25, 0.3) is 0 Å². The van der Waals surface area contributed by atoms with Crippen LogP contribution in [-0.4, -0.2) is 23.2 Å². The molecule has 4 nitrogen and oxygen atoms in total. The third-order valence-electron chi connectivity index (χ3n) is 3.87. The molecule has 1 aromatic heterocycles. The third-order valence-corrected chi connectivity index (χ3v) is 5.09. The van der Waals surface area contributed by atoms with E-state index in [1.165, 1.54) is 0 Å². The van der Waals surface area contributed by atoms with Crippen molar-refractivity contribution in [3.63, 3.8) is 0 Å². The molecule has 0 unspecified atom stereocenters. The molecule has 1 aliphatic rings. The van der Waals surface area contributed by atoms with Gasteiger partial charge in [-0.15, -0.1) is 11.8 Å². The number of amides is 2. The number of hydrogen-bond acceptors (Lipinski definition) is 3. The summed E-state index contributed by atoms with van der Waals surface area (Å²) in [6.45, 7) is 6.67. The van der Waals surface area contributed by atoms with Crippen LogP contribution in [-0.2, 0) is 0 Å². The predicted octanol–water partition coefficient (Wildman–Crippen LogP) is 4.48. The molecule has 1 atom stereocenters. The summed E-state index contributed by atoms with van der Waals surface area (Å²) in [5.74, 6) is 2.64. The molecule has 5 heteroatoms. The van der Waals surface area contributed by atoms with Crippen molar-refractivity contribution >= 4 is 23.5 Å². The van der Waals surface area contributed by atoms with Crippen LogP contribution in [0.25, 0.3) is 0 Å². The summed E-state index contributed by atoms with van der Waals surface area (Å²) in [4.78, 5) is 14.5. The zero-order valence-electron chi connectivity index (χ0n) is 13.1. The van der Waals surface area contributed by atoms with Gasteiger partial charge in [0, 0.05) is 18.0 Å². The highest BCUT2D eigenvalue weighted by Crippen LogP contribution is 2.39. The summed E-state index contributed by atoms with van der Waals surface area (Å²) in [5, 5.41) is 3.02. The molecule has 1 fully saturated rings. The average molecular weight is 316 g/mol. The first-order valence-corrected chi connectivity index (χ1v) is 8.43. The number of hydrogen-bond donors (Lipinski definition) is 1. The molecule has 0 aliphatic carbocycles. The Morgan fingerprint density at radius 3 is 2.59 bits per heavy atom. The fourth-order valence-corrected chi connectivity index (χ4v) is 3.89. The summed E-state index contributed by atoms with van der Waals surface area (Å²) in [5.41, 5.74) is 3.05. The Morgan fingerprint density at radius 2 is 1.95 bits per heavy atom. The predicted molar refractivity (Wildman–Crippen MR) is 90.3 cm³/mol. The smallest absolute Gasteiger partial charge is 0.323 e. The number of nitrogens with zero attached hydrogens (tertiary/aromatic N) is 1. The summed E-state index contributed by atoms with van der Waals surface area (Å²) >= 11 is 1.74. The largest absolute Gasteiger partial charge is 0.463 e. The topological polar surface area (TPSA) is 45.5 Å². The Hall–Kier alpha value is -1.88. The fraction of sp³-hybridized carbons (Fsp3) is 0.353. The normalized spacial score (nSPS) is 17.8. The minimum absolute atomic E-state index is 0.0435. The molecule has 1 aromatic carbocycles. The first-order chi connectivity index (χ1) is 10.6. The number of urea groups is 1. The molecule has 116 valence electrons. The van der Waals surface area contributed by atoms with Crippen molar-refractivity contribution in [3.05, 3.63) is 53.0 Å². The summed E-state index contributed by atoms with van der Waals surface area (Å²) < 4.78 is 5.70. The summed E-state index contributed by atoms with van der Waals surface area (Å²) in [7, 11) is 0. The number of benzene rings is 1. The number of aryl methyl sites for hydroxylation is 3. The number of carbonyl (C=O) groups is 1. The lowest BCUT2D eigenvalue weighted by Gasteiger charge is -2.23. The molecule has 1 N–H and O–H groups in total.